The van der Waals surface area contributed by atoms with Gasteiger partial charge in [-0.25, -0.2) is 0 Å². The largest absolute Gasteiger partial charge is 0.0604 e. The minimum Gasteiger partial charge on any atom is -0.0604 e. The molecule has 0 aromatic carbocycles. The van der Waals surface area contributed by atoms with Crippen LogP contribution in [0.1, 0.15) is 91.9 Å². The third-order valence-electron chi connectivity index (χ3n) is 2.50. The van der Waals surface area contributed by atoms with Crippen LogP contribution in [0.15, 0.2) is 0 Å². The van der Waals surface area contributed by atoms with Crippen LogP contribution in [0.2, 0.25) is 0 Å². The molecular weight excluding hydrogens is 180 g/mol. The van der Waals surface area contributed by atoms with Crippen LogP contribution in [0.5, 0.6) is 0 Å². The Hall–Kier alpha value is 0. The molecule has 2 rings (SSSR count). The lowest BCUT2D eigenvalue weighted by Crippen LogP contribution is -1.93. The topological polar surface area (TPSA) is 0 Å². The second kappa shape index (κ2) is 9.24. The van der Waals surface area contributed by atoms with E-state index in [0.717, 1.165) is 0 Å². The predicted octanol–water partition coefficient (Wildman–Crippen LogP) is 5.95. The summed E-state index contributed by atoms with van der Waals surface area (Å²) < 4.78 is 0. The van der Waals surface area contributed by atoms with Gasteiger partial charge in [0.1, 0.15) is 0 Å². The second-order valence-corrected chi connectivity index (χ2v) is 6.54. The highest BCUT2D eigenvalue weighted by Crippen LogP contribution is 2.15. The van der Waals surface area contributed by atoms with Crippen LogP contribution < -0.4 is 0 Å². The second-order valence-electron chi connectivity index (χ2n) is 6.54. The highest BCUT2D eigenvalue weighted by Gasteiger charge is 1.96. The summed E-state index contributed by atoms with van der Waals surface area (Å²) in [5, 5.41) is 0. The summed E-state index contributed by atoms with van der Waals surface area (Å²) in [6, 6.07) is 0. The smallest absolute Gasteiger partial charge is 0.0411 e. The van der Waals surface area contributed by atoms with Gasteiger partial charge in [-0.1, -0.05) is 91.9 Å². The molecule has 0 aromatic heterocycles. The van der Waals surface area contributed by atoms with E-state index in [2.05, 4.69) is 27.7 Å². The van der Waals surface area contributed by atoms with Gasteiger partial charge in [0.15, 0.2) is 0 Å². The monoisotopic (exact) mass is 212 g/mol. The van der Waals surface area contributed by atoms with Gasteiger partial charge < -0.3 is 0 Å². The Bertz CT molecular complexity index is 79.3. The van der Waals surface area contributed by atoms with Gasteiger partial charge >= 0.3 is 0 Å². The number of hydrogen-bond donors (Lipinski definition) is 0. The van der Waals surface area contributed by atoms with Crippen molar-refractivity contribution in [3.8, 4) is 0 Å². The molecular formula is C15H32. The first-order valence-electron chi connectivity index (χ1n) is 7.00. The first kappa shape index (κ1) is 15.0. The van der Waals surface area contributed by atoms with Gasteiger partial charge in [0, 0.05) is 0 Å². The molecule has 0 unspecified atom stereocenters. The van der Waals surface area contributed by atoms with Crippen LogP contribution in [0.25, 0.3) is 0 Å². The van der Waals surface area contributed by atoms with Crippen LogP contribution >= 0.6 is 0 Å². The lowest BCUT2D eigenvalue weighted by Gasteiger charge is -2.05. The summed E-state index contributed by atoms with van der Waals surface area (Å²) in [5.74, 6) is 0. The average Bonchev–Trinajstić information content (AvgIpc) is 2.81. The third-order valence-corrected chi connectivity index (χ3v) is 2.50. The van der Waals surface area contributed by atoms with E-state index in [1.54, 1.807) is 0 Å². The third kappa shape index (κ3) is 20.2. The van der Waals surface area contributed by atoms with Crippen molar-refractivity contribution in [3.05, 3.63) is 0 Å². The van der Waals surface area contributed by atoms with E-state index in [4.69, 9.17) is 0 Å². The molecule has 2 aliphatic carbocycles. The molecule has 0 N–H and O–H groups in total. The van der Waals surface area contributed by atoms with E-state index in [1.807, 2.05) is 0 Å². The Labute approximate surface area is 97.8 Å². The fourth-order valence-electron chi connectivity index (χ4n) is 1.77. The zero-order valence-electron chi connectivity index (χ0n) is 11.6. The molecule has 0 heteroatoms. The Morgan fingerprint density at radius 3 is 0.533 bits per heavy atom. The molecule has 2 saturated carbocycles. The highest BCUT2D eigenvalue weighted by atomic mass is 14.0. The number of rotatable bonds is 0. The zero-order chi connectivity index (χ0) is 11.6. The van der Waals surface area contributed by atoms with Crippen molar-refractivity contribution in [3.63, 3.8) is 0 Å². The Morgan fingerprint density at radius 1 is 0.400 bits per heavy atom. The van der Waals surface area contributed by atoms with Crippen molar-refractivity contribution in [2.45, 2.75) is 91.9 Å². The maximum absolute atomic E-state index is 2.19. The van der Waals surface area contributed by atoms with Crippen LogP contribution in [0.4, 0.5) is 0 Å². The minimum atomic E-state index is 0.500. The van der Waals surface area contributed by atoms with Gasteiger partial charge in [0.2, 0.25) is 0 Å². The normalized spacial score (nSPS) is 20.0. The molecule has 0 aromatic rings. The predicted molar refractivity (Wildman–Crippen MR) is 71.3 cm³/mol. The van der Waals surface area contributed by atoms with Crippen molar-refractivity contribution >= 4 is 0 Å². The van der Waals surface area contributed by atoms with Crippen molar-refractivity contribution in [1.82, 2.24) is 0 Å². The van der Waals surface area contributed by atoms with Gasteiger partial charge in [-0.2, -0.15) is 0 Å². The van der Waals surface area contributed by atoms with E-state index in [0.29, 0.717) is 5.41 Å². The van der Waals surface area contributed by atoms with Gasteiger partial charge in [-0.3, -0.25) is 0 Å². The maximum atomic E-state index is 2.19. The fraction of sp³-hybridized carbons (Fsp3) is 1.00. The van der Waals surface area contributed by atoms with Crippen LogP contribution in [-0.4, -0.2) is 0 Å². The minimum absolute atomic E-state index is 0.500. The highest BCUT2D eigenvalue weighted by molar-refractivity contribution is 4.51. The molecule has 92 valence electrons. The summed E-state index contributed by atoms with van der Waals surface area (Å²) in [6.07, 6.45) is 15.0. The van der Waals surface area contributed by atoms with Gasteiger partial charge in [0.05, 0.1) is 0 Å². The van der Waals surface area contributed by atoms with Crippen LogP contribution in [0, 0.1) is 5.41 Å². The summed E-state index contributed by atoms with van der Waals surface area (Å²) in [5.41, 5.74) is 0.500. The molecule has 0 saturated heterocycles. The van der Waals surface area contributed by atoms with Crippen LogP contribution in [0.3, 0.4) is 0 Å². The maximum Gasteiger partial charge on any atom is -0.0411 e. The molecule has 2 fully saturated rings. The molecule has 0 heterocycles. The molecule has 0 radical (unpaired) electrons. The molecule has 0 nitrogen and oxygen atoms in total. The molecule has 2 aliphatic rings. The molecule has 15 heavy (non-hydrogen) atoms. The zero-order valence-corrected chi connectivity index (χ0v) is 11.6. The average molecular weight is 212 g/mol. The van der Waals surface area contributed by atoms with Crippen molar-refractivity contribution in [1.29, 1.82) is 0 Å². The first-order valence-corrected chi connectivity index (χ1v) is 7.00. The van der Waals surface area contributed by atoms with Crippen molar-refractivity contribution < 1.29 is 0 Å². The molecule has 0 spiro atoms. The Kier molecular flexibility index (Phi) is 9.24. The fourth-order valence-corrected chi connectivity index (χ4v) is 1.77. The standard InChI is InChI=1S/2C5H10.C5H12/c2*1-2-4-5-3-1;1-5(2,3)4/h2*1-5H2;1-4H3. The van der Waals surface area contributed by atoms with E-state index in [9.17, 15) is 0 Å². The summed E-state index contributed by atoms with van der Waals surface area (Å²) in [4.78, 5) is 0. The van der Waals surface area contributed by atoms with Crippen LogP contribution in [-0.2, 0) is 0 Å². The summed E-state index contributed by atoms with van der Waals surface area (Å²) >= 11 is 0. The molecule has 0 atom stereocenters. The summed E-state index contributed by atoms with van der Waals surface area (Å²) in [6.45, 7) is 8.75. The Morgan fingerprint density at radius 2 is 0.467 bits per heavy atom. The quantitative estimate of drug-likeness (QED) is 0.465. The summed E-state index contributed by atoms with van der Waals surface area (Å²) in [7, 11) is 0. The van der Waals surface area contributed by atoms with Gasteiger partial charge in [0.25, 0.3) is 0 Å². The molecule has 0 aliphatic heterocycles. The lowest BCUT2D eigenvalue weighted by molar-refractivity contribution is 0.469. The molecule has 0 amide bonds. The number of hydrogen-bond acceptors (Lipinski definition) is 0. The van der Waals surface area contributed by atoms with E-state index < -0.39 is 0 Å². The van der Waals surface area contributed by atoms with E-state index in [-0.39, 0.29) is 0 Å². The molecule has 0 bridgehead atoms. The van der Waals surface area contributed by atoms with E-state index >= 15 is 0 Å². The Balaban J connectivity index is 0.000000196. The van der Waals surface area contributed by atoms with Crippen molar-refractivity contribution in [2.24, 2.45) is 5.41 Å². The first-order chi connectivity index (χ1) is 7.00. The van der Waals surface area contributed by atoms with Gasteiger partial charge in [-0.15, -0.1) is 0 Å². The van der Waals surface area contributed by atoms with Gasteiger partial charge in [-0.05, 0) is 5.41 Å². The van der Waals surface area contributed by atoms with Crippen molar-refractivity contribution in [2.75, 3.05) is 0 Å². The lowest BCUT2D eigenvalue weighted by atomic mass is 10.0. The SMILES string of the molecule is C1CCCC1.C1CCCC1.CC(C)(C)C. The van der Waals surface area contributed by atoms with E-state index in [1.165, 1.54) is 64.2 Å².